The van der Waals surface area contributed by atoms with E-state index < -0.39 is 12.0 Å². The summed E-state index contributed by atoms with van der Waals surface area (Å²) in [5, 5.41) is 5.85. The van der Waals surface area contributed by atoms with Crippen LogP contribution < -0.4 is 20.3 Å². The van der Waals surface area contributed by atoms with Gasteiger partial charge in [-0.2, -0.15) is 0 Å². The molecule has 0 bridgehead atoms. The van der Waals surface area contributed by atoms with Crippen molar-refractivity contribution < 1.29 is 19.1 Å². The number of carbonyl (C=O) groups is 3. The fourth-order valence-corrected chi connectivity index (χ4v) is 4.04. The summed E-state index contributed by atoms with van der Waals surface area (Å²) in [6.45, 7) is 2.01. The molecule has 1 aromatic rings. The smallest absolute Gasteiger partial charge is 0.242 e. The zero-order valence-corrected chi connectivity index (χ0v) is 17.3. The number of ether oxygens (including phenoxy) is 1. The number of nitrogens with zero attached hydrogens (tertiary/aromatic N) is 1. The van der Waals surface area contributed by atoms with Crippen LogP contribution in [0.5, 0.6) is 5.75 Å². The molecule has 2 N–H and O–H groups in total. The van der Waals surface area contributed by atoms with Gasteiger partial charge in [0, 0.05) is 24.7 Å². The van der Waals surface area contributed by atoms with Crippen molar-refractivity contribution in [1.29, 1.82) is 0 Å². The minimum absolute atomic E-state index is 0.0918. The second kappa shape index (κ2) is 9.76. The van der Waals surface area contributed by atoms with Gasteiger partial charge in [-0.3, -0.25) is 14.4 Å². The predicted octanol–water partition coefficient (Wildman–Crippen LogP) is 2.39. The molecule has 1 aliphatic heterocycles. The molecule has 0 spiro atoms. The fourth-order valence-electron chi connectivity index (χ4n) is 4.04. The highest BCUT2D eigenvalue weighted by Crippen LogP contribution is 2.27. The summed E-state index contributed by atoms with van der Waals surface area (Å²) in [5.41, 5.74) is 0.741. The van der Waals surface area contributed by atoms with Gasteiger partial charge < -0.3 is 20.3 Å². The number of anilines is 1. The SMILES string of the molecule is COc1ccc(N2C[C@@H](C(=O)N[C@@H](C)C(=O)NC3CCCCCC3)CC2=O)cc1. The third kappa shape index (κ3) is 5.49. The Bertz CT molecular complexity index is 726. The molecule has 3 amide bonds. The molecule has 7 heteroatoms. The zero-order chi connectivity index (χ0) is 20.8. The van der Waals surface area contributed by atoms with Gasteiger partial charge in [-0.05, 0) is 44.0 Å². The molecule has 0 unspecified atom stereocenters. The number of nitrogens with one attached hydrogen (secondary N) is 2. The molecule has 1 heterocycles. The van der Waals surface area contributed by atoms with Gasteiger partial charge in [0.1, 0.15) is 11.8 Å². The van der Waals surface area contributed by atoms with Gasteiger partial charge in [0.05, 0.1) is 13.0 Å². The van der Waals surface area contributed by atoms with E-state index in [4.69, 9.17) is 4.74 Å². The van der Waals surface area contributed by atoms with Gasteiger partial charge in [-0.1, -0.05) is 25.7 Å². The van der Waals surface area contributed by atoms with Crippen LogP contribution in [0.25, 0.3) is 0 Å². The Morgan fingerprint density at radius 2 is 1.76 bits per heavy atom. The van der Waals surface area contributed by atoms with Gasteiger partial charge >= 0.3 is 0 Å². The van der Waals surface area contributed by atoms with Crippen LogP contribution in [0.4, 0.5) is 5.69 Å². The molecule has 1 saturated heterocycles. The van der Waals surface area contributed by atoms with E-state index in [0.717, 1.165) is 31.4 Å². The van der Waals surface area contributed by atoms with Crippen LogP contribution in [0.2, 0.25) is 0 Å². The summed E-state index contributed by atoms with van der Waals surface area (Å²) in [6, 6.07) is 6.77. The summed E-state index contributed by atoms with van der Waals surface area (Å²) >= 11 is 0. The topological polar surface area (TPSA) is 87.7 Å². The summed E-state index contributed by atoms with van der Waals surface area (Å²) < 4.78 is 5.14. The van der Waals surface area contributed by atoms with Crippen LogP contribution >= 0.6 is 0 Å². The molecule has 1 aromatic carbocycles. The van der Waals surface area contributed by atoms with Crippen LogP contribution in [0.15, 0.2) is 24.3 Å². The first kappa shape index (κ1) is 21.1. The van der Waals surface area contributed by atoms with Crippen LogP contribution in [-0.2, 0) is 14.4 Å². The first-order valence-electron chi connectivity index (χ1n) is 10.5. The summed E-state index contributed by atoms with van der Waals surface area (Å²) in [4.78, 5) is 39.1. The largest absolute Gasteiger partial charge is 0.497 e. The summed E-state index contributed by atoms with van der Waals surface area (Å²) in [5.74, 6) is -0.244. The Hall–Kier alpha value is -2.57. The number of hydrogen-bond acceptors (Lipinski definition) is 4. The first-order valence-corrected chi connectivity index (χ1v) is 10.5. The van der Waals surface area contributed by atoms with Crippen molar-refractivity contribution >= 4 is 23.4 Å². The molecule has 29 heavy (non-hydrogen) atoms. The Kier molecular flexibility index (Phi) is 7.12. The third-order valence-corrected chi connectivity index (χ3v) is 5.83. The van der Waals surface area contributed by atoms with E-state index in [9.17, 15) is 14.4 Å². The minimum atomic E-state index is -0.615. The standard InChI is InChI=1S/C22H31N3O4/c1-15(21(27)24-17-7-5-3-4-6-8-17)23-22(28)16-13-20(26)25(14-16)18-9-11-19(29-2)12-10-18/h9-12,15-17H,3-8,13-14H2,1-2H3,(H,23,28)(H,24,27)/t15-,16-/m0/s1. The predicted molar refractivity (Wildman–Crippen MR) is 111 cm³/mol. The molecule has 2 atom stereocenters. The van der Waals surface area contributed by atoms with E-state index >= 15 is 0 Å². The minimum Gasteiger partial charge on any atom is -0.497 e. The molecule has 1 saturated carbocycles. The highest BCUT2D eigenvalue weighted by molar-refractivity contribution is 6.01. The van der Waals surface area contributed by atoms with Crippen LogP contribution in [-0.4, -0.2) is 43.5 Å². The Balaban J connectivity index is 1.52. The molecule has 1 aliphatic carbocycles. The number of carbonyl (C=O) groups excluding carboxylic acids is 3. The highest BCUT2D eigenvalue weighted by atomic mass is 16.5. The van der Waals surface area contributed by atoms with Gasteiger partial charge in [-0.15, -0.1) is 0 Å². The maximum atomic E-state index is 12.6. The highest BCUT2D eigenvalue weighted by Gasteiger charge is 2.36. The van der Waals surface area contributed by atoms with Crippen molar-refractivity contribution in [3.63, 3.8) is 0 Å². The second-order valence-corrected chi connectivity index (χ2v) is 8.03. The number of hydrogen-bond donors (Lipinski definition) is 2. The molecule has 7 nitrogen and oxygen atoms in total. The summed E-state index contributed by atoms with van der Waals surface area (Å²) in [7, 11) is 1.59. The maximum absolute atomic E-state index is 12.6. The van der Waals surface area contributed by atoms with E-state index in [2.05, 4.69) is 10.6 Å². The van der Waals surface area contributed by atoms with Crippen molar-refractivity contribution in [2.45, 2.75) is 64.0 Å². The molecule has 3 rings (SSSR count). The summed E-state index contributed by atoms with van der Waals surface area (Å²) in [6.07, 6.45) is 6.86. The van der Waals surface area contributed by atoms with E-state index in [-0.39, 0.29) is 30.2 Å². The van der Waals surface area contributed by atoms with Gasteiger partial charge in [0.2, 0.25) is 17.7 Å². The molecule has 2 fully saturated rings. The fraction of sp³-hybridized carbons (Fsp3) is 0.591. The van der Waals surface area contributed by atoms with E-state index in [1.165, 1.54) is 12.8 Å². The molecule has 158 valence electrons. The van der Waals surface area contributed by atoms with Crippen molar-refractivity contribution in [3.8, 4) is 5.75 Å². The Morgan fingerprint density at radius 1 is 1.10 bits per heavy atom. The number of benzene rings is 1. The molecular formula is C22H31N3O4. The number of methoxy groups -OCH3 is 1. The normalized spacial score (nSPS) is 21.4. The second-order valence-electron chi connectivity index (χ2n) is 8.03. The maximum Gasteiger partial charge on any atom is 0.242 e. The van der Waals surface area contributed by atoms with E-state index in [0.29, 0.717) is 12.3 Å². The molecule has 2 aliphatic rings. The van der Waals surface area contributed by atoms with Crippen LogP contribution in [0.1, 0.15) is 51.9 Å². The lowest BCUT2D eigenvalue weighted by Gasteiger charge is -2.21. The quantitative estimate of drug-likeness (QED) is 0.717. The van der Waals surface area contributed by atoms with Gasteiger partial charge in [-0.25, -0.2) is 0 Å². The van der Waals surface area contributed by atoms with Gasteiger partial charge in [0.25, 0.3) is 0 Å². The van der Waals surface area contributed by atoms with E-state index in [1.54, 1.807) is 43.2 Å². The third-order valence-electron chi connectivity index (χ3n) is 5.83. The monoisotopic (exact) mass is 401 g/mol. The van der Waals surface area contributed by atoms with Crippen LogP contribution in [0, 0.1) is 5.92 Å². The van der Waals surface area contributed by atoms with Crippen LogP contribution in [0.3, 0.4) is 0 Å². The zero-order valence-electron chi connectivity index (χ0n) is 17.3. The molecule has 0 aromatic heterocycles. The average molecular weight is 402 g/mol. The van der Waals surface area contributed by atoms with Crippen molar-refractivity contribution in [2.75, 3.05) is 18.6 Å². The van der Waals surface area contributed by atoms with Crippen molar-refractivity contribution in [3.05, 3.63) is 24.3 Å². The lowest BCUT2D eigenvalue weighted by atomic mass is 10.1. The van der Waals surface area contributed by atoms with Crippen molar-refractivity contribution in [2.24, 2.45) is 5.92 Å². The lowest BCUT2D eigenvalue weighted by Crippen LogP contribution is -2.49. The number of amides is 3. The molecular weight excluding hydrogens is 370 g/mol. The Morgan fingerprint density at radius 3 is 2.38 bits per heavy atom. The van der Waals surface area contributed by atoms with Crippen molar-refractivity contribution in [1.82, 2.24) is 10.6 Å². The Labute approximate surface area is 172 Å². The number of rotatable bonds is 6. The van der Waals surface area contributed by atoms with Gasteiger partial charge in [0.15, 0.2) is 0 Å². The average Bonchev–Trinajstić information content (AvgIpc) is 2.93. The van der Waals surface area contributed by atoms with E-state index in [1.807, 2.05) is 0 Å². The first-order chi connectivity index (χ1) is 14.0. The molecule has 0 radical (unpaired) electrons. The lowest BCUT2D eigenvalue weighted by molar-refractivity contribution is -0.131.